The van der Waals surface area contributed by atoms with E-state index in [1.165, 1.54) is 12.1 Å². The third kappa shape index (κ3) is 5.44. The lowest BCUT2D eigenvalue weighted by Gasteiger charge is -2.26. The van der Waals surface area contributed by atoms with Gasteiger partial charge in [-0.3, -0.25) is 0 Å². The van der Waals surface area contributed by atoms with E-state index < -0.39 is 23.4 Å². The molecule has 146 valence electrons. The van der Waals surface area contributed by atoms with Crippen LogP contribution in [0.15, 0.2) is 18.2 Å². The van der Waals surface area contributed by atoms with Crippen LogP contribution in [0.5, 0.6) is 0 Å². The van der Waals surface area contributed by atoms with Gasteiger partial charge in [-0.15, -0.1) is 0 Å². The number of halogens is 3. The van der Waals surface area contributed by atoms with Crippen molar-refractivity contribution in [3.05, 3.63) is 23.8 Å². The Morgan fingerprint density at radius 2 is 1.92 bits per heavy atom. The van der Waals surface area contributed by atoms with Crippen molar-refractivity contribution in [1.82, 2.24) is 4.90 Å². The molecule has 1 unspecified atom stereocenters. The van der Waals surface area contributed by atoms with Crippen molar-refractivity contribution >= 4 is 17.5 Å². The number of nitrogens with two attached hydrogens (primary N) is 1. The van der Waals surface area contributed by atoms with Gasteiger partial charge in [0.25, 0.3) is 0 Å². The number of para-hydroxylation sites is 1. The van der Waals surface area contributed by atoms with Crippen molar-refractivity contribution in [2.24, 2.45) is 0 Å². The van der Waals surface area contributed by atoms with Gasteiger partial charge in [-0.1, -0.05) is 6.07 Å². The van der Waals surface area contributed by atoms with Crippen LogP contribution in [-0.4, -0.2) is 35.7 Å². The van der Waals surface area contributed by atoms with Crippen LogP contribution in [0.1, 0.15) is 45.6 Å². The van der Waals surface area contributed by atoms with Gasteiger partial charge in [0.1, 0.15) is 5.60 Å². The molecule has 26 heavy (non-hydrogen) atoms. The molecule has 1 atom stereocenters. The molecule has 1 aromatic rings. The number of alkyl halides is 3. The molecule has 1 heterocycles. The number of likely N-dealkylation sites (tertiary alicyclic amines) is 1. The predicted octanol–water partition coefficient (Wildman–Crippen LogP) is 4.49. The zero-order valence-electron chi connectivity index (χ0n) is 15.3. The van der Waals surface area contributed by atoms with Crippen LogP contribution in [0.4, 0.5) is 29.3 Å². The summed E-state index contributed by atoms with van der Waals surface area (Å²) >= 11 is 0. The maximum atomic E-state index is 13.2. The van der Waals surface area contributed by atoms with Crippen molar-refractivity contribution in [2.45, 2.75) is 57.9 Å². The minimum Gasteiger partial charge on any atom is -0.444 e. The number of rotatable bonds is 2. The van der Waals surface area contributed by atoms with Crippen LogP contribution in [0.3, 0.4) is 0 Å². The molecule has 0 aromatic heterocycles. The lowest BCUT2D eigenvalue weighted by Crippen LogP contribution is -2.37. The van der Waals surface area contributed by atoms with E-state index in [9.17, 15) is 18.0 Å². The number of ether oxygens (including phenoxy) is 1. The van der Waals surface area contributed by atoms with Gasteiger partial charge >= 0.3 is 12.3 Å². The lowest BCUT2D eigenvalue weighted by atomic mass is 10.1. The molecule has 0 saturated carbocycles. The van der Waals surface area contributed by atoms with Crippen molar-refractivity contribution in [3.63, 3.8) is 0 Å². The van der Waals surface area contributed by atoms with Gasteiger partial charge in [0.2, 0.25) is 0 Å². The summed E-state index contributed by atoms with van der Waals surface area (Å²) in [5.74, 6) is 0. The smallest absolute Gasteiger partial charge is 0.418 e. The summed E-state index contributed by atoms with van der Waals surface area (Å²) in [6, 6.07) is 3.55. The SMILES string of the molecule is CC(C)(C)OC(=O)N1CCCC(Nc2c(N)cccc2C(F)(F)F)CC1. The van der Waals surface area contributed by atoms with E-state index >= 15 is 0 Å². The van der Waals surface area contributed by atoms with E-state index in [1.807, 2.05) is 0 Å². The fourth-order valence-electron chi connectivity index (χ4n) is 2.92. The van der Waals surface area contributed by atoms with E-state index in [0.29, 0.717) is 32.4 Å². The van der Waals surface area contributed by atoms with Crippen LogP contribution in [-0.2, 0) is 10.9 Å². The van der Waals surface area contributed by atoms with Crippen molar-refractivity contribution in [3.8, 4) is 0 Å². The highest BCUT2D eigenvalue weighted by Crippen LogP contribution is 2.38. The largest absolute Gasteiger partial charge is 0.444 e. The zero-order valence-corrected chi connectivity index (χ0v) is 15.3. The Kier molecular flexibility index (Phi) is 5.93. The summed E-state index contributed by atoms with van der Waals surface area (Å²) in [7, 11) is 0. The normalized spacial score (nSPS) is 19.0. The Labute approximate surface area is 151 Å². The summed E-state index contributed by atoms with van der Waals surface area (Å²) in [6.07, 6.45) is -3.04. The Morgan fingerprint density at radius 3 is 2.54 bits per heavy atom. The van der Waals surface area contributed by atoms with Crippen LogP contribution < -0.4 is 11.1 Å². The highest BCUT2D eigenvalue weighted by Gasteiger charge is 2.35. The summed E-state index contributed by atoms with van der Waals surface area (Å²) in [6.45, 7) is 6.32. The van der Waals surface area contributed by atoms with Crippen molar-refractivity contribution in [2.75, 3.05) is 24.1 Å². The number of nitrogen functional groups attached to an aromatic ring is 1. The van der Waals surface area contributed by atoms with Gasteiger partial charge in [-0.05, 0) is 52.2 Å². The van der Waals surface area contributed by atoms with Crippen molar-refractivity contribution in [1.29, 1.82) is 0 Å². The first-order chi connectivity index (χ1) is 12.0. The number of hydrogen-bond acceptors (Lipinski definition) is 4. The number of benzene rings is 1. The van der Waals surface area contributed by atoms with Gasteiger partial charge in [0.05, 0.1) is 16.9 Å². The average molecular weight is 373 g/mol. The van der Waals surface area contributed by atoms with Crippen LogP contribution in [0, 0.1) is 0 Å². The second kappa shape index (κ2) is 7.63. The fourth-order valence-corrected chi connectivity index (χ4v) is 2.92. The Hall–Kier alpha value is -2.12. The van der Waals surface area contributed by atoms with E-state index in [-0.39, 0.29) is 17.4 Å². The first kappa shape index (κ1) is 20.2. The Bertz CT molecular complexity index is 642. The van der Waals surface area contributed by atoms with E-state index in [1.54, 1.807) is 25.7 Å². The number of nitrogens with one attached hydrogen (secondary N) is 1. The molecule has 1 aliphatic rings. The molecule has 5 nitrogen and oxygen atoms in total. The predicted molar refractivity (Wildman–Crippen MR) is 94.9 cm³/mol. The molecule has 1 amide bonds. The Balaban J connectivity index is 2.06. The standard InChI is InChI=1S/C18H26F3N3O2/c1-17(2,3)26-16(25)24-10-5-6-12(9-11-24)23-15-13(18(19,20)21)7-4-8-14(15)22/h4,7-8,12,23H,5-6,9-11,22H2,1-3H3. The molecule has 0 radical (unpaired) electrons. The minimum absolute atomic E-state index is 0.0630. The molecule has 0 bridgehead atoms. The molecule has 0 spiro atoms. The third-order valence-electron chi connectivity index (χ3n) is 4.13. The molecule has 1 saturated heterocycles. The fraction of sp³-hybridized carbons (Fsp3) is 0.611. The van der Waals surface area contributed by atoms with Gasteiger partial charge < -0.3 is 20.7 Å². The van der Waals surface area contributed by atoms with Gasteiger partial charge in [0.15, 0.2) is 0 Å². The Morgan fingerprint density at radius 1 is 1.23 bits per heavy atom. The summed E-state index contributed by atoms with van der Waals surface area (Å²) in [5, 5.41) is 2.95. The monoisotopic (exact) mass is 373 g/mol. The van der Waals surface area contributed by atoms with E-state index in [0.717, 1.165) is 6.07 Å². The van der Waals surface area contributed by atoms with Gasteiger partial charge in [-0.25, -0.2) is 4.79 Å². The molecule has 1 aliphatic heterocycles. The minimum atomic E-state index is -4.48. The van der Waals surface area contributed by atoms with E-state index in [4.69, 9.17) is 10.5 Å². The number of hydrogen-bond donors (Lipinski definition) is 2. The van der Waals surface area contributed by atoms with Gasteiger partial charge in [0, 0.05) is 19.1 Å². The number of carbonyl (C=O) groups excluding carboxylic acids is 1. The van der Waals surface area contributed by atoms with E-state index in [2.05, 4.69) is 5.32 Å². The average Bonchev–Trinajstić information content (AvgIpc) is 2.72. The summed E-state index contributed by atoms with van der Waals surface area (Å²) in [5.41, 5.74) is 4.39. The number of anilines is 2. The summed E-state index contributed by atoms with van der Waals surface area (Å²) in [4.78, 5) is 13.8. The first-order valence-corrected chi connectivity index (χ1v) is 8.67. The van der Waals surface area contributed by atoms with Crippen molar-refractivity contribution < 1.29 is 22.7 Å². The molecular formula is C18H26F3N3O2. The van der Waals surface area contributed by atoms with Crippen LogP contribution in [0.25, 0.3) is 0 Å². The zero-order chi connectivity index (χ0) is 19.5. The molecular weight excluding hydrogens is 347 g/mol. The molecule has 1 aromatic carbocycles. The molecule has 2 rings (SSSR count). The lowest BCUT2D eigenvalue weighted by molar-refractivity contribution is -0.136. The highest BCUT2D eigenvalue weighted by atomic mass is 19.4. The topological polar surface area (TPSA) is 67.6 Å². The molecule has 0 aliphatic carbocycles. The quantitative estimate of drug-likeness (QED) is 0.750. The maximum Gasteiger partial charge on any atom is 0.418 e. The molecule has 8 heteroatoms. The maximum absolute atomic E-state index is 13.2. The molecule has 3 N–H and O–H groups in total. The van der Waals surface area contributed by atoms with Crippen LogP contribution >= 0.6 is 0 Å². The summed E-state index contributed by atoms with van der Waals surface area (Å²) < 4.78 is 45.0. The second-order valence-corrected chi connectivity index (χ2v) is 7.51. The number of nitrogens with zero attached hydrogens (tertiary/aromatic N) is 1. The second-order valence-electron chi connectivity index (χ2n) is 7.51. The van der Waals surface area contributed by atoms with Gasteiger partial charge in [-0.2, -0.15) is 13.2 Å². The highest BCUT2D eigenvalue weighted by molar-refractivity contribution is 5.71. The number of carbonyl (C=O) groups is 1. The number of amides is 1. The van der Waals surface area contributed by atoms with Crippen LogP contribution in [0.2, 0.25) is 0 Å². The molecule has 1 fully saturated rings. The third-order valence-corrected chi connectivity index (χ3v) is 4.13. The first-order valence-electron chi connectivity index (χ1n) is 8.67.